The van der Waals surface area contributed by atoms with Crippen LogP contribution in [0.25, 0.3) is 11.3 Å². The molecule has 76 valence electrons. The van der Waals surface area contributed by atoms with E-state index in [1.165, 1.54) is 18.3 Å². The maximum absolute atomic E-state index is 12.7. The number of hydrogen-bond donors (Lipinski definition) is 2. The highest BCUT2D eigenvalue weighted by atomic mass is 19.1. The fourth-order valence-corrected chi connectivity index (χ4v) is 1.35. The van der Waals surface area contributed by atoms with Gasteiger partial charge >= 0.3 is 0 Å². The fraction of sp³-hybridized carbons (Fsp3) is 0. The molecule has 4 N–H and O–H groups in total. The molecule has 0 saturated carbocycles. The van der Waals surface area contributed by atoms with E-state index in [-0.39, 0.29) is 5.82 Å². The second-order valence-electron chi connectivity index (χ2n) is 3.21. The molecule has 1 aromatic carbocycles. The van der Waals surface area contributed by atoms with E-state index in [1.807, 2.05) is 0 Å². The Morgan fingerprint density at radius 3 is 2.33 bits per heavy atom. The third kappa shape index (κ3) is 1.88. The lowest BCUT2D eigenvalue weighted by molar-refractivity contribution is 0.628. The van der Waals surface area contributed by atoms with Gasteiger partial charge in [-0.1, -0.05) is 0 Å². The minimum absolute atomic E-state index is 0.284. The zero-order valence-corrected chi connectivity index (χ0v) is 7.94. The van der Waals surface area contributed by atoms with Crippen LogP contribution in [0.3, 0.4) is 0 Å². The first-order valence-corrected chi connectivity index (χ1v) is 4.44. The van der Waals surface area contributed by atoms with Crippen LogP contribution in [0.4, 0.5) is 15.8 Å². The second-order valence-corrected chi connectivity index (χ2v) is 3.21. The average Bonchev–Trinajstić information content (AvgIpc) is 2.20. The van der Waals surface area contributed by atoms with Crippen molar-refractivity contribution in [1.82, 2.24) is 4.98 Å². The average molecular weight is 203 g/mol. The molecule has 0 aliphatic rings. The molecule has 0 bridgehead atoms. The van der Waals surface area contributed by atoms with Crippen molar-refractivity contribution in [2.75, 3.05) is 11.5 Å². The highest BCUT2D eigenvalue weighted by Crippen LogP contribution is 2.24. The Bertz CT molecular complexity index is 480. The highest BCUT2D eigenvalue weighted by Gasteiger charge is 2.04. The fourth-order valence-electron chi connectivity index (χ4n) is 1.35. The predicted octanol–water partition coefficient (Wildman–Crippen LogP) is 2.05. The van der Waals surface area contributed by atoms with Crippen LogP contribution in [0.5, 0.6) is 0 Å². The quantitative estimate of drug-likeness (QED) is 0.745. The summed E-state index contributed by atoms with van der Waals surface area (Å²) in [6.45, 7) is 0. The summed E-state index contributed by atoms with van der Waals surface area (Å²) in [6, 6.07) is 7.62. The molecule has 2 rings (SSSR count). The number of nitrogen functional groups attached to an aromatic ring is 2. The number of nitrogens with two attached hydrogens (primary N) is 2. The normalized spacial score (nSPS) is 10.2. The molecule has 0 fully saturated rings. The molecule has 0 aliphatic heterocycles. The Hall–Kier alpha value is -2.10. The van der Waals surface area contributed by atoms with Crippen LogP contribution in [0.15, 0.2) is 36.5 Å². The van der Waals surface area contributed by atoms with E-state index in [4.69, 9.17) is 11.5 Å². The summed E-state index contributed by atoms with van der Waals surface area (Å²) in [7, 11) is 0. The smallest absolute Gasteiger partial charge is 0.123 e. The first-order valence-electron chi connectivity index (χ1n) is 4.44. The van der Waals surface area contributed by atoms with Crippen LogP contribution in [0, 0.1) is 5.82 Å². The van der Waals surface area contributed by atoms with Gasteiger partial charge in [0.2, 0.25) is 0 Å². The zero-order valence-electron chi connectivity index (χ0n) is 7.94. The van der Waals surface area contributed by atoms with Gasteiger partial charge in [-0.15, -0.1) is 0 Å². The molecule has 0 spiro atoms. The van der Waals surface area contributed by atoms with Crippen molar-refractivity contribution >= 4 is 11.4 Å². The number of rotatable bonds is 1. The third-order valence-corrected chi connectivity index (χ3v) is 2.06. The van der Waals surface area contributed by atoms with Crippen molar-refractivity contribution in [2.24, 2.45) is 0 Å². The zero-order chi connectivity index (χ0) is 10.8. The molecule has 4 heteroatoms. The number of benzene rings is 1. The van der Waals surface area contributed by atoms with Crippen LogP contribution < -0.4 is 11.5 Å². The molecule has 15 heavy (non-hydrogen) atoms. The van der Waals surface area contributed by atoms with Gasteiger partial charge in [-0.05, 0) is 30.3 Å². The van der Waals surface area contributed by atoms with Crippen molar-refractivity contribution in [3.8, 4) is 11.3 Å². The number of anilines is 2. The lowest BCUT2D eigenvalue weighted by Gasteiger charge is -2.05. The van der Waals surface area contributed by atoms with E-state index in [0.29, 0.717) is 17.1 Å². The summed E-state index contributed by atoms with van der Waals surface area (Å²) >= 11 is 0. The molecule has 1 aromatic heterocycles. The lowest BCUT2D eigenvalue weighted by Crippen LogP contribution is -1.96. The molecular formula is C11H10FN3. The standard InChI is InChI=1S/C11H10FN3/c12-8-3-1-7(2-4-8)11-10(14)5-9(13)6-15-11/h1-6H,13-14H2. The Morgan fingerprint density at radius 2 is 1.73 bits per heavy atom. The first-order chi connectivity index (χ1) is 7.16. The lowest BCUT2D eigenvalue weighted by atomic mass is 10.1. The summed E-state index contributed by atoms with van der Waals surface area (Å²) in [5.41, 5.74) is 13.7. The molecule has 0 amide bonds. The molecule has 0 unspecified atom stereocenters. The number of aromatic nitrogens is 1. The minimum atomic E-state index is -0.284. The Morgan fingerprint density at radius 1 is 1.07 bits per heavy atom. The van der Waals surface area contributed by atoms with Gasteiger partial charge in [0.05, 0.1) is 23.3 Å². The topological polar surface area (TPSA) is 64.9 Å². The SMILES string of the molecule is Nc1cnc(-c2ccc(F)cc2)c(N)c1. The van der Waals surface area contributed by atoms with Crippen LogP contribution in [-0.2, 0) is 0 Å². The van der Waals surface area contributed by atoms with E-state index in [1.54, 1.807) is 18.2 Å². The van der Waals surface area contributed by atoms with Crippen molar-refractivity contribution in [2.45, 2.75) is 0 Å². The molecular weight excluding hydrogens is 193 g/mol. The molecule has 1 heterocycles. The van der Waals surface area contributed by atoms with Gasteiger partial charge in [-0.25, -0.2) is 4.39 Å². The summed E-state index contributed by atoms with van der Waals surface area (Å²) < 4.78 is 12.7. The molecule has 0 aliphatic carbocycles. The maximum Gasteiger partial charge on any atom is 0.123 e. The number of hydrogen-bond acceptors (Lipinski definition) is 3. The largest absolute Gasteiger partial charge is 0.397 e. The van der Waals surface area contributed by atoms with Crippen molar-refractivity contribution in [3.63, 3.8) is 0 Å². The minimum Gasteiger partial charge on any atom is -0.397 e. The van der Waals surface area contributed by atoms with E-state index in [9.17, 15) is 4.39 Å². The highest BCUT2D eigenvalue weighted by molar-refractivity contribution is 5.74. The van der Waals surface area contributed by atoms with Crippen LogP contribution in [0.2, 0.25) is 0 Å². The molecule has 0 atom stereocenters. The second kappa shape index (κ2) is 3.57. The van der Waals surface area contributed by atoms with Gasteiger partial charge in [0.1, 0.15) is 5.82 Å². The van der Waals surface area contributed by atoms with Crippen LogP contribution in [0.1, 0.15) is 0 Å². The number of pyridine rings is 1. The van der Waals surface area contributed by atoms with Gasteiger partial charge in [-0.3, -0.25) is 4.98 Å². The van der Waals surface area contributed by atoms with Crippen molar-refractivity contribution in [1.29, 1.82) is 0 Å². The van der Waals surface area contributed by atoms with Crippen LogP contribution in [-0.4, -0.2) is 4.98 Å². The van der Waals surface area contributed by atoms with Gasteiger partial charge in [-0.2, -0.15) is 0 Å². The van der Waals surface area contributed by atoms with Crippen LogP contribution >= 0.6 is 0 Å². The number of nitrogens with zero attached hydrogens (tertiary/aromatic N) is 1. The Labute approximate surface area is 86.6 Å². The van der Waals surface area contributed by atoms with Gasteiger partial charge < -0.3 is 11.5 Å². The summed E-state index contributed by atoms with van der Waals surface area (Å²) in [6.07, 6.45) is 1.52. The predicted molar refractivity (Wildman–Crippen MR) is 58.5 cm³/mol. The third-order valence-electron chi connectivity index (χ3n) is 2.06. The van der Waals surface area contributed by atoms with Gasteiger partial charge in [0.25, 0.3) is 0 Å². The van der Waals surface area contributed by atoms with E-state index in [2.05, 4.69) is 4.98 Å². The Kier molecular flexibility index (Phi) is 2.25. The molecule has 2 aromatic rings. The molecule has 3 nitrogen and oxygen atoms in total. The molecule has 0 saturated heterocycles. The van der Waals surface area contributed by atoms with Crippen molar-refractivity contribution in [3.05, 3.63) is 42.3 Å². The first kappa shape index (κ1) is 9.45. The maximum atomic E-state index is 12.7. The molecule has 0 radical (unpaired) electrons. The summed E-state index contributed by atoms with van der Waals surface area (Å²) in [5, 5.41) is 0. The Balaban J connectivity index is 2.49. The van der Waals surface area contributed by atoms with Gasteiger partial charge in [0.15, 0.2) is 0 Å². The number of halogens is 1. The van der Waals surface area contributed by atoms with E-state index < -0.39 is 0 Å². The van der Waals surface area contributed by atoms with E-state index in [0.717, 1.165) is 5.56 Å². The van der Waals surface area contributed by atoms with Crippen molar-refractivity contribution < 1.29 is 4.39 Å². The monoisotopic (exact) mass is 203 g/mol. The summed E-state index contributed by atoms with van der Waals surface area (Å²) in [4.78, 5) is 4.11. The van der Waals surface area contributed by atoms with Gasteiger partial charge in [0, 0.05) is 5.56 Å². The van der Waals surface area contributed by atoms with E-state index >= 15 is 0 Å². The summed E-state index contributed by atoms with van der Waals surface area (Å²) in [5.74, 6) is -0.284.